The van der Waals surface area contributed by atoms with Gasteiger partial charge < -0.3 is 5.32 Å². The maximum atomic E-state index is 4.49. The zero-order valence-electron chi connectivity index (χ0n) is 9.90. The summed E-state index contributed by atoms with van der Waals surface area (Å²) in [6, 6.07) is 4.48. The Morgan fingerprint density at radius 1 is 1.50 bits per heavy atom. The second-order valence-electron chi connectivity index (χ2n) is 3.84. The van der Waals surface area contributed by atoms with Gasteiger partial charge in [-0.05, 0) is 36.5 Å². The van der Waals surface area contributed by atoms with Crippen molar-refractivity contribution < 1.29 is 0 Å². The van der Waals surface area contributed by atoms with Crippen molar-refractivity contribution in [2.24, 2.45) is 7.05 Å². The van der Waals surface area contributed by atoms with Crippen LogP contribution in [0.3, 0.4) is 0 Å². The fraction of sp³-hybridized carbons (Fsp3) is 0.417. The van der Waals surface area contributed by atoms with Gasteiger partial charge in [-0.2, -0.15) is 5.10 Å². The monoisotopic (exact) mass is 235 g/mol. The highest BCUT2D eigenvalue weighted by Crippen LogP contribution is 2.26. The molecule has 0 aromatic carbocycles. The maximum Gasteiger partial charge on any atom is 0.0839 e. The summed E-state index contributed by atoms with van der Waals surface area (Å²) in [6.07, 6.45) is 1.99. The average Bonchev–Trinajstić information content (AvgIpc) is 2.84. The lowest BCUT2D eigenvalue weighted by atomic mass is 10.1. The molecule has 0 spiro atoms. The summed E-state index contributed by atoms with van der Waals surface area (Å²) in [5, 5.41) is 10.1. The van der Waals surface area contributed by atoms with E-state index in [0.29, 0.717) is 0 Å². The minimum atomic E-state index is 0.220. The van der Waals surface area contributed by atoms with E-state index in [9.17, 15) is 0 Å². The van der Waals surface area contributed by atoms with Crippen molar-refractivity contribution in [3.05, 3.63) is 39.8 Å². The number of thiophene rings is 1. The summed E-state index contributed by atoms with van der Waals surface area (Å²) in [4.78, 5) is 1.36. The van der Waals surface area contributed by atoms with Gasteiger partial charge in [-0.15, -0.1) is 11.3 Å². The van der Waals surface area contributed by atoms with Crippen molar-refractivity contribution in [3.63, 3.8) is 0 Å². The number of nitrogens with one attached hydrogen (secondary N) is 1. The van der Waals surface area contributed by atoms with Gasteiger partial charge in [0.1, 0.15) is 0 Å². The van der Waals surface area contributed by atoms with Crippen LogP contribution in [0.25, 0.3) is 0 Å². The number of hydrogen-bond donors (Lipinski definition) is 1. The third-order valence-electron chi connectivity index (χ3n) is 2.65. The fourth-order valence-corrected chi connectivity index (χ4v) is 2.60. The van der Waals surface area contributed by atoms with Gasteiger partial charge in [0, 0.05) is 18.1 Å². The van der Waals surface area contributed by atoms with Crippen LogP contribution in [-0.2, 0) is 7.05 Å². The Bertz CT molecular complexity index is 458. The van der Waals surface area contributed by atoms with Crippen LogP contribution in [0, 0.1) is 6.92 Å². The number of aryl methyl sites for hydroxylation is 2. The summed E-state index contributed by atoms with van der Waals surface area (Å²) < 4.78 is 1.85. The van der Waals surface area contributed by atoms with Crippen LogP contribution < -0.4 is 5.32 Å². The minimum Gasteiger partial charge on any atom is -0.305 e. The standard InChI is InChI=1S/C12H17N3S/c1-4-13-12(10-6-8-16-9(10)2)11-5-7-15(3)14-11/h5-8,12-13H,4H2,1-3H3. The van der Waals surface area contributed by atoms with E-state index in [-0.39, 0.29) is 6.04 Å². The van der Waals surface area contributed by atoms with Crippen molar-refractivity contribution >= 4 is 11.3 Å². The smallest absolute Gasteiger partial charge is 0.0839 e. The van der Waals surface area contributed by atoms with Crippen molar-refractivity contribution in [2.45, 2.75) is 19.9 Å². The molecule has 4 heteroatoms. The molecule has 2 rings (SSSR count). The molecule has 0 fully saturated rings. The number of rotatable bonds is 4. The van der Waals surface area contributed by atoms with Crippen LogP contribution in [0.15, 0.2) is 23.7 Å². The van der Waals surface area contributed by atoms with E-state index in [4.69, 9.17) is 0 Å². The van der Waals surface area contributed by atoms with Crippen molar-refractivity contribution in [1.82, 2.24) is 15.1 Å². The molecule has 0 saturated carbocycles. The first kappa shape index (κ1) is 11.4. The Morgan fingerprint density at radius 2 is 2.31 bits per heavy atom. The molecule has 2 heterocycles. The molecule has 1 N–H and O–H groups in total. The predicted octanol–water partition coefficient (Wildman–Crippen LogP) is 2.49. The summed E-state index contributed by atoms with van der Waals surface area (Å²) >= 11 is 1.79. The molecule has 16 heavy (non-hydrogen) atoms. The molecule has 86 valence electrons. The Morgan fingerprint density at radius 3 is 2.81 bits per heavy atom. The highest BCUT2D eigenvalue weighted by molar-refractivity contribution is 7.10. The first-order valence-electron chi connectivity index (χ1n) is 5.49. The number of nitrogens with zero attached hydrogens (tertiary/aromatic N) is 2. The maximum absolute atomic E-state index is 4.49. The van der Waals surface area contributed by atoms with Crippen molar-refractivity contribution in [1.29, 1.82) is 0 Å². The van der Waals surface area contributed by atoms with Gasteiger partial charge in [-0.1, -0.05) is 6.92 Å². The lowest BCUT2D eigenvalue weighted by Gasteiger charge is -2.15. The molecule has 0 aliphatic heterocycles. The third kappa shape index (κ3) is 2.18. The molecule has 0 aliphatic carbocycles. The van der Waals surface area contributed by atoms with Crippen molar-refractivity contribution in [2.75, 3.05) is 6.54 Å². The molecule has 0 aliphatic rings. The van der Waals surface area contributed by atoms with E-state index in [2.05, 4.69) is 41.8 Å². The molecule has 0 radical (unpaired) electrons. The van der Waals surface area contributed by atoms with E-state index in [1.165, 1.54) is 10.4 Å². The first-order chi connectivity index (χ1) is 7.72. The summed E-state index contributed by atoms with van der Waals surface area (Å²) in [7, 11) is 1.95. The van der Waals surface area contributed by atoms with Gasteiger partial charge >= 0.3 is 0 Å². The van der Waals surface area contributed by atoms with Crippen molar-refractivity contribution in [3.8, 4) is 0 Å². The average molecular weight is 235 g/mol. The SMILES string of the molecule is CCNC(c1ccn(C)n1)c1ccsc1C. The summed E-state index contributed by atoms with van der Waals surface area (Å²) in [6.45, 7) is 5.22. The largest absolute Gasteiger partial charge is 0.305 e. The van der Waals surface area contributed by atoms with Gasteiger partial charge in [0.2, 0.25) is 0 Å². The Balaban J connectivity index is 2.34. The first-order valence-corrected chi connectivity index (χ1v) is 6.37. The minimum absolute atomic E-state index is 0.220. The third-order valence-corrected chi connectivity index (χ3v) is 3.51. The topological polar surface area (TPSA) is 29.9 Å². The lowest BCUT2D eigenvalue weighted by molar-refractivity contribution is 0.599. The molecule has 0 amide bonds. The Labute approximate surface area is 100 Å². The molecule has 0 saturated heterocycles. The van der Waals surface area contributed by atoms with E-state index >= 15 is 0 Å². The Hall–Kier alpha value is -1.13. The quantitative estimate of drug-likeness (QED) is 0.882. The molecule has 2 aromatic heterocycles. The van der Waals surface area contributed by atoms with Gasteiger partial charge in [0.05, 0.1) is 11.7 Å². The Kier molecular flexibility index (Phi) is 3.41. The van der Waals surface area contributed by atoms with Crippen LogP contribution in [0.2, 0.25) is 0 Å². The molecular weight excluding hydrogens is 218 g/mol. The number of aromatic nitrogens is 2. The van der Waals surface area contributed by atoms with Crippen LogP contribution in [0.5, 0.6) is 0 Å². The summed E-state index contributed by atoms with van der Waals surface area (Å²) in [5.74, 6) is 0. The highest BCUT2D eigenvalue weighted by atomic mass is 32.1. The van der Waals surface area contributed by atoms with Crippen LogP contribution in [-0.4, -0.2) is 16.3 Å². The van der Waals surface area contributed by atoms with E-state index < -0.39 is 0 Å². The molecule has 1 unspecified atom stereocenters. The number of hydrogen-bond acceptors (Lipinski definition) is 3. The molecule has 2 aromatic rings. The second kappa shape index (κ2) is 4.80. The normalized spacial score (nSPS) is 12.9. The van der Waals surface area contributed by atoms with Gasteiger partial charge in [-0.3, -0.25) is 4.68 Å². The highest BCUT2D eigenvalue weighted by Gasteiger charge is 2.17. The summed E-state index contributed by atoms with van der Waals surface area (Å²) in [5.41, 5.74) is 2.43. The van der Waals surface area contributed by atoms with Crippen LogP contribution in [0.4, 0.5) is 0 Å². The van der Waals surface area contributed by atoms with Gasteiger partial charge in [-0.25, -0.2) is 0 Å². The molecular formula is C12H17N3S. The zero-order chi connectivity index (χ0) is 11.5. The van der Waals surface area contributed by atoms with Crippen LogP contribution >= 0.6 is 11.3 Å². The lowest BCUT2D eigenvalue weighted by Crippen LogP contribution is -2.22. The van der Waals surface area contributed by atoms with Gasteiger partial charge in [0.15, 0.2) is 0 Å². The molecule has 1 atom stereocenters. The molecule has 3 nitrogen and oxygen atoms in total. The second-order valence-corrected chi connectivity index (χ2v) is 4.96. The van der Waals surface area contributed by atoms with E-state index in [1.807, 2.05) is 17.9 Å². The van der Waals surface area contributed by atoms with E-state index in [1.54, 1.807) is 11.3 Å². The fourth-order valence-electron chi connectivity index (χ4n) is 1.86. The van der Waals surface area contributed by atoms with Gasteiger partial charge in [0.25, 0.3) is 0 Å². The molecule has 0 bridgehead atoms. The van der Waals surface area contributed by atoms with Crippen LogP contribution in [0.1, 0.15) is 29.1 Å². The van der Waals surface area contributed by atoms with E-state index in [0.717, 1.165) is 12.2 Å². The predicted molar refractivity (Wildman–Crippen MR) is 67.8 cm³/mol. The zero-order valence-corrected chi connectivity index (χ0v) is 10.7.